The van der Waals surface area contributed by atoms with E-state index in [9.17, 15) is 18.0 Å². The number of nitrogens with zero attached hydrogens (tertiary/aromatic N) is 3. The Morgan fingerprint density at radius 3 is 2.70 bits per heavy atom. The molecule has 3 aliphatic rings. The van der Waals surface area contributed by atoms with E-state index in [1.54, 1.807) is 31.3 Å². The number of benzene rings is 2. The predicted octanol–water partition coefficient (Wildman–Crippen LogP) is 2.47. The van der Waals surface area contributed by atoms with Crippen LogP contribution in [0.25, 0.3) is 22.6 Å². The van der Waals surface area contributed by atoms with Gasteiger partial charge in [0.25, 0.3) is 5.91 Å². The number of morpholine rings is 1. The second kappa shape index (κ2) is 10.8. The van der Waals surface area contributed by atoms with E-state index >= 15 is 0 Å². The Kier molecular flexibility index (Phi) is 7.22. The molecule has 1 aromatic heterocycles. The van der Waals surface area contributed by atoms with Crippen LogP contribution in [0.5, 0.6) is 0 Å². The molecule has 1 N–H and O–H groups in total. The zero-order chi connectivity index (χ0) is 27.9. The highest BCUT2D eigenvalue weighted by Gasteiger charge is 2.33. The molecule has 10 nitrogen and oxygen atoms in total. The molecule has 11 heteroatoms. The van der Waals surface area contributed by atoms with Gasteiger partial charge < -0.3 is 24.3 Å². The molecule has 0 radical (unpaired) electrons. The third kappa shape index (κ3) is 4.94. The van der Waals surface area contributed by atoms with Crippen LogP contribution >= 0.6 is 0 Å². The third-order valence-corrected chi connectivity index (χ3v) is 9.64. The molecule has 210 valence electrons. The molecule has 4 heterocycles. The lowest BCUT2D eigenvalue weighted by molar-refractivity contribution is -0.122. The van der Waals surface area contributed by atoms with Crippen LogP contribution in [0.15, 0.2) is 53.6 Å². The van der Waals surface area contributed by atoms with Crippen molar-refractivity contribution in [2.45, 2.75) is 30.4 Å². The molecule has 2 aromatic carbocycles. The standard InChI is InChI=1S/C29H32N4O6S/c1-31-26-9-8-22(40(36,37)33-10-13-38-14-11-33)16-24(26)25(29(31)35)15-20-18-32(27-7-3-2-6-23(20)27)19-28(34)30-17-21-5-4-12-39-21/h2-3,6-9,15-16,18,21H,4-5,10-14,17,19H2,1H3,(H,30,34)/b25-15-/t21-/m1/s1. The molecule has 0 bridgehead atoms. The lowest BCUT2D eigenvalue weighted by Gasteiger charge is -2.26. The quantitative estimate of drug-likeness (QED) is 0.442. The maximum atomic E-state index is 13.4. The Labute approximate surface area is 233 Å². The third-order valence-electron chi connectivity index (χ3n) is 7.75. The van der Waals surface area contributed by atoms with Gasteiger partial charge in [0.1, 0.15) is 6.54 Å². The largest absolute Gasteiger partial charge is 0.379 e. The van der Waals surface area contributed by atoms with Crippen LogP contribution in [0.2, 0.25) is 0 Å². The Morgan fingerprint density at radius 1 is 1.12 bits per heavy atom. The van der Waals surface area contributed by atoms with Crippen molar-refractivity contribution in [1.82, 2.24) is 14.2 Å². The molecule has 6 rings (SSSR count). The first-order valence-electron chi connectivity index (χ1n) is 13.5. The van der Waals surface area contributed by atoms with Gasteiger partial charge in [0.15, 0.2) is 0 Å². The fraction of sp³-hybridized carbons (Fsp3) is 0.379. The number of rotatable bonds is 7. The zero-order valence-electron chi connectivity index (χ0n) is 22.3. The lowest BCUT2D eigenvalue weighted by atomic mass is 10.0. The number of hydrogen-bond donors (Lipinski definition) is 1. The highest BCUT2D eigenvalue weighted by molar-refractivity contribution is 7.89. The van der Waals surface area contributed by atoms with E-state index in [0.29, 0.717) is 49.7 Å². The van der Waals surface area contributed by atoms with Gasteiger partial charge in [-0.2, -0.15) is 4.31 Å². The normalized spacial score (nSPS) is 20.9. The Morgan fingerprint density at radius 2 is 1.93 bits per heavy atom. The van der Waals surface area contributed by atoms with Crippen molar-refractivity contribution in [3.8, 4) is 0 Å². The average molecular weight is 565 g/mol. The second-order valence-corrected chi connectivity index (χ2v) is 12.2. The van der Waals surface area contributed by atoms with Gasteiger partial charge in [-0.3, -0.25) is 9.59 Å². The molecule has 2 fully saturated rings. The second-order valence-electron chi connectivity index (χ2n) is 10.3. The number of para-hydroxylation sites is 1. The Balaban J connectivity index is 1.33. The summed E-state index contributed by atoms with van der Waals surface area (Å²) in [5.41, 5.74) is 3.25. The van der Waals surface area contributed by atoms with Gasteiger partial charge in [-0.25, -0.2) is 8.42 Å². The SMILES string of the molecule is CN1C(=O)/C(=C\c2cn(CC(=O)NC[C@H]3CCCO3)c3ccccc23)c2cc(S(=O)(=O)N3CCOCC3)ccc21. The van der Waals surface area contributed by atoms with Gasteiger partial charge in [0.2, 0.25) is 15.9 Å². The molecule has 40 heavy (non-hydrogen) atoms. The summed E-state index contributed by atoms with van der Waals surface area (Å²) in [4.78, 5) is 27.8. The first kappa shape index (κ1) is 26.7. The number of amides is 2. The van der Waals surface area contributed by atoms with Gasteiger partial charge in [-0.05, 0) is 43.2 Å². The minimum Gasteiger partial charge on any atom is -0.379 e. The zero-order valence-corrected chi connectivity index (χ0v) is 23.2. The van der Waals surface area contributed by atoms with Crippen LogP contribution < -0.4 is 10.2 Å². The van der Waals surface area contributed by atoms with Gasteiger partial charge in [0, 0.05) is 67.1 Å². The minimum atomic E-state index is -3.73. The van der Waals surface area contributed by atoms with E-state index in [0.717, 1.165) is 35.9 Å². The van der Waals surface area contributed by atoms with E-state index in [1.165, 1.54) is 9.21 Å². The summed E-state index contributed by atoms with van der Waals surface area (Å²) in [7, 11) is -2.05. The van der Waals surface area contributed by atoms with Gasteiger partial charge in [-0.1, -0.05) is 18.2 Å². The molecule has 2 amide bonds. The van der Waals surface area contributed by atoms with Crippen LogP contribution in [0, 0.1) is 0 Å². The Bertz CT molecular complexity index is 1600. The van der Waals surface area contributed by atoms with Crippen LogP contribution in [-0.2, 0) is 35.6 Å². The molecule has 0 saturated carbocycles. The number of anilines is 1. The van der Waals surface area contributed by atoms with Crippen LogP contribution in [-0.4, -0.2) is 81.7 Å². The van der Waals surface area contributed by atoms with Crippen LogP contribution in [0.3, 0.4) is 0 Å². The van der Waals surface area contributed by atoms with E-state index in [1.807, 2.05) is 35.0 Å². The summed E-state index contributed by atoms with van der Waals surface area (Å²) < 4.78 is 40.9. The number of fused-ring (bicyclic) bond motifs is 2. The summed E-state index contributed by atoms with van der Waals surface area (Å²) in [5, 5.41) is 3.86. The highest BCUT2D eigenvalue weighted by Crippen LogP contribution is 2.39. The highest BCUT2D eigenvalue weighted by atomic mass is 32.2. The average Bonchev–Trinajstić information content (AvgIpc) is 3.67. The molecule has 0 unspecified atom stereocenters. The van der Waals surface area contributed by atoms with Crippen LogP contribution in [0.1, 0.15) is 24.0 Å². The number of likely N-dealkylation sites (N-methyl/N-ethyl adjacent to an activating group) is 1. The summed E-state index contributed by atoms with van der Waals surface area (Å²) >= 11 is 0. The number of aromatic nitrogens is 1. The molecule has 2 saturated heterocycles. The number of ether oxygens (including phenoxy) is 2. The Hall–Kier alpha value is -3.51. The maximum absolute atomic E-state index is 13.4. The van der Waals surface area contributed by atoms with E-state index in [-0.39, 0.29) is 29.4 Å². The smallest absolute Gasteiger partial charge is 0.258 e. The summed E-state index contributed by atoms with van der Waals surface area (Å²) in [6.45, 7) is 2.65. The van der Waals surface area contributed by atoms with Gasteiger partial charge >= 0.3 is 0 Å². The van der Waals surface area contributed by atoms with E-state index in [2.05, 4.69) is 5.32 Å². The number of hydrogen-bond acceptors (Lipinski definition) is 6. The van der Waals surface area contributed by atoms with Crippen molar-refractivity contribution in [2.24, 2.45) is 0 Å². The number of carbonyl (C=O) groups is 2. The van der Waals surface area contributed by atoms with Crippen molar-refractivity contribution in [1.29, 1.82) is 0 Å². The lowest BCUT2D eigenvalue weighted by Crippen LogP contribution is -2.40. The predicted molar refractivity (Wildman–Crippen MR) is 151 cm³/mol. The van der Waals surface area contributed by atoms with Crippen LogP contribution in [0.4, 0.5) is 5.69 Å². The fourth-order valence-corrected chi connectivity index (χ4v) is 7.02. The molecular formula is C29H32N4O6S. The molecule has 0 spiro atoms. The maximum Gasteiger partial charge on any atom is 0.258 e. The van der Waals surface area contributed by atoms with E-state index < -0.39 is 10.0 Å². The van der Waals surface area contributed by atoms with Crippen molar-refractivity contribution >= 4 is 50.1 Å². The number of sulfonamides is 1. The van der Waals surface area contributed by atoms with Crippen molar-refractivity contribution in [3.63, 3.8) is 0 Å². The fourth-order valence-electron chi connectivity index (χ4n) is 5.58. The molecule has 3 aliphatic heterocycles. The van der Waals surface area contributed by atoms with Crippen molar-refractivity contribution in [3.05, 3.63) is 59.8 Å². The van der Waals surface area contributed by atoms with Crippen molar-refractivity contribution in [2.75, 3.05) is 51.4 Å². The minimum absolute atomic E-state index is 0.0630. The number of nitrogens with one attached hydrogen (secondary N) is 1. The molecule has 1 atom stereocenters. The first-order chi connectivity index (χ1) is 19.3. The molecule has 3 aromatic rings. The van der Waals surface area contributed by atoms with E-state index in [4.69, 9.17) is 9.47 Å². The first-order valence-corrected chi connectivity index (χ1v) is 15.0. The topological polar surface area (TPSA) is 110 Å². The molecular weight excluding hydrogens is 532 g/mol. The summed E-state index contributed by atoms with van der Waals surface area (Å²) in [6, 6.07) is 12.5. The monoisotopic (exact) mass is 564 g/mol. The summed E-state index contributed by atoms with van der Waals surface area (Å²) in [5.74, 6) is -0.336. The molecule has 0 aliphatic carbocycles. The van der Waals surface area contributed by atoms with Gasteiger partial charge in [-0.15, -0.1) is 0 Å². The summed E-state index contributed by atoms with van der Waals surface area (Å²) in [6.07, 6.45) is 5.68. The van der Waals surface area contributed by atoms with Crippen molar-refractivity contribution < 1.29 is 27.5 Å². The number of carbonyl (C=O) groups excluding carboxylic acids is 2. The van der Waals surface area contributed by atoms with Gasteiger partial charge in [0.05, 0.1) is 29.9 Å².